The fraction of sp³-hybridized carbons (Fsp3) is 0.250. The number of halogens is 1. The zero-order valence-electron chi connectivity index (χ0n) is 10.9. The van der Waals surface area contributed by atoms with Crippen molar-refractivity contribution in [2.75, 3.05) is 29.4 Å². The van der Waals surface area contributed by atoms with Crippen LogP contribution in [0.1, 0.15) is 0 Å². The lowest BCUT2D eigenvalue weighted by Crippen LogP contribution is -2.28. The number of rotatable bonds is 7. The van der Waals surface area contributed by atoms with Gasteiger partial charge in [0.2, 0.25) is 15.9 Å². The van der Waals surface area contributed by atoms with E-state index >= 15 is 0 Å². The van der Waals surface area contributed by atoms with Gasteiger partial charge >= 0.3 is 0 Å². The molecule has 0 aromatic heterocycles. The molecule has 0 fully saturated rings. The van der Waals surface area contributed by atoms with Gasteiger partial charge in [0.05, 0.1) is 23.5 Å². The highest BCUT2D eigenvalue weighted by molar-refractivity contribution is 7.92. The molecule has 0 spiro atoms. The maximum Gasteiger partial charge on any atom is 0.238 e. The van der Waals surface area contributed by atoms with Gasteiger partial charge in [-0.1, -0.05) is 17.7 Å². The first-order chi connectivity index (χ1) is 9.31. The molecule has 0 heterocycles. The van der Waals surface area contributed by atoms with Crippen molar-refractivity contribution in [3.63, 3.8) is 0 Å². The fourth-order valence-corrected chi connectivity index (χ4v) is 2.23. The topological polar surface area (TPSA) is 87.3 Å². The Balaban J connectivity index is 2.68. The molecule has 0 saturated carbocycles. The second kappa shape index (κ2) is 7.28. The molecule has 1 rings (SSSR count). The van der Waals surface area contributed by atoms with Crippen LogP contribution in [0.25, 0.3) is 0 Å². The summed E-state index contributed by atoms with van der Waals surface area (Å²) in [6.07, 6.45) is 2.68. The third kappa shape index (κ3) is 6.05. The molecule has 0 aliphatic carbocycles. The van der Waals surface area contributed by atoms with E-state index in [1.807, 2.05) is 0 Å². The Morgan fingerprint density at radius 2 is 2.15 bits per heavy atom. The molecule has 6 nitrogen and oxygen atoms in total. The number of hydrogen-bond acceptors (Lipinski definition) is 4. The number of carbonyl (C=O) groups excluding carboxylic acids is 1. The number of carbonyl (C=O) groups is 1. The van der Waals surface area contributed by atoms with Crippen LogP contribution in [0.2, 0.25) is 5.02 Å². The molecule has 0 bridgehead atoms. The minimum atomic E-state index is -3.39. The minimum absolute atomic E-state index is 0.146. The van der Waals surface area contributed by atoms with Crippen molar-refractivity contribution in [3.05, 3.63) is 35.9 Å². The van der Waals surface area contributed by atoms with E-state index in [0.29, 0.717) is 12.2 Å². The summed E-state index contributed by atoms with van der Waals surface area (Å²) in [5.41, 5.74) is 0.747. The van der Waals surface area contributed by atoms with Crippen molar-refractivity contribution in [3.8, 4) is 0 Å². The van der Waals surface area contributed by atoms with Crippen molar-refractivity contribution in [2.45, 2.75) is 0 Å². The predicted octanol–water partition coefficient (Wildman–Crippen LogP) is 1.43. The molecule has 110 valence electrons. The number of benzene rings is 1. The summed E-state index contributed by atoms with van der Waals surface area (Å²) in [5, 5.41) is 5.69. The highest BCUT2D eigenvalue weighted by Gasteiger charge is 2.08. The smallest absolute Gasteiger partial charge is 0.238 e. The van der Waals surface area contributed by atoms with E-state index in [1.54, 1.807) is 12.1 Å². The van der Waals surface area contributed by atoms with Crippen LogP contribution in [0.3, 0.4) is 0 Å². The van der Waals surface area contributed by atoms with Gasteiger partial charge in [0.15, 0.2) is 0 Å². The molecule has 8 heteroatoms. The Labute approximate surface area is 123 Å². The highest BCUT2D eigenvalue weighted by Crippen LogP contribution is 2.26. The molecule has 20 heavy (non-hydrogen) atoms. The molecule has 1 amide bonds. The molecule has 0 radical (unpaired) electrons. The van der Waals surface area contributed by atoms with Crippen molar-refractivity contribution >= 4 is 38.9 Å². The largest absolute Gasteiger partial charge is 0.325 e. The summed E-state index contributed by atoms with van der Waals surface area (Å²) >= 11 is 5.94. The van der Waals surface area contributed by atoms with Crippen LogP contribution < -0.4 is 15.4 Å². The number of amides is 1. The van der Waals surface area contributed by atoms with Gasteiger partial charge in [0.1, 0.15) is 0 Å². The monoisotopic (exact) mass is 317 g/mol. The lowest BCUT2D eigenvalue weighted by Gasteiger charge is -2.09. The molecule has 3 N–H and O–H groups in total. The van der Waals surface area contributed by atoms with Crippen molar-refractivity contribution in [1.29, 1.82) is 0 Å². The summed E-state index contributed by atoms with van der Waals surface area (Å²) in [5.74, 6) is -0.230. The number of nitrogens with one attached hydrogen (secondary N) is 3. The minimum Gasteiger partial charge on any atom is -0.325 e. The van der Waals surface area contributed by atoms with Crippen LogP contribution in [-0.2, 0) is 14.8 Å². The van der Waals surface area contributed by atoms with Crippen molar-refractivity contribution in [1.82, 2.24) is 5.32 Å². The van der Waals surface area contributed by atoms with E-state index in [1.165, 1.54) is 12.1 Å². The maximum absolute atomic E-state index is 11.5. The standard InChI is InChI=1S/C12H16ClN3O3S/c1-3-6-14-8-12(17)15-9-4-5-11(10(13)7-9)16-20(2,18)19/h3-5,7,14,16H,1,6,8H2,2H3,(H,15,17). The van der Waals surface area contributed by atoms with Crippen LogP contribution in [0.15, 0.2) is 30.9 Å². The molecule has 0 unspecified atom stereocenters. The van der Waals surface area contributed by atoms with Gasteiger partial charge in [0.25, 0.3) is 0 Å². The van der Waals surface area contributed by atoms with Gasteiger partial charge in [-0.25, -0.2) is 8.42 Å². The first kappa shape index (κ1) is 16.5. The van der Waals surface area contributed by atoms with Crippen LogP contribution in [0.4, 0.5) is 11.4 Å². The Hall–Kier alpha value is -1.57. The Kier molecular flexibility index (Phi) is 6.00. The first-order valence-electron chi connectivity index (χ1n) is 5.70. The van der Waals surface area contributed by atoms with E-state index in [9.17, 15) is 13.2 Å². The van der Waals surface area contributed by atoms with Crippen LogP contribution in [0, 0.1) is 0 Å². The van der Waals surface area contributed by atoms with E-state index in [-0.39, 0.29) is 23.2 Å². The highest BCUT2D eigenvalue weighted by atomic mass is 35.5. The van der Waals surface area contributed by atoms with Gasteiger partial charge < -0.3 is 10.6 Å². The fourth-order valence-electron chi connectivity index (χ4n) is 1.37. The Morgan fingerprint density at radius 1 is 1.45 bits per heavy atom. The van der Waals surface area contributed by atoms with Gasteiger partial charge in [-0.3, -0.25) is 9.52 Å². The number of hydrogen-bond donors (Lipinski definition) is 3. The SMILES string of the molecule is C=CCNCC(=O)Nc1ccc(NS(C)(=O)=O)c(Cl)c1. The normalized spacial score (nSPS) is 10.9. The quantitative estimate of drug-likeness (QED) is 0.524. The average molecular weight is 318 g/mol. The molecular weight excluding hydrogens is 302 g/mol. The Morgan fingerprint density at radius 3 is 2.70 bits per heavy atom. The lowest BCUT2D eigenvalue weighted by molar-refractivity contribution is -0.115. The van der Waals surface area contributed by atoms with E-state index < -0.39 is 10.0 Å². The first-order valence-corrected chi connectivity index (χ1v) is 7.97. The number of sulfonamides is 1. The predicted molar refractivity (Wildman–Crippen MR) is 81.6 cm³/mol. The summed E-state index contributed by atoms with van der Waals surface area (Å²) in [7, 11) is -3.39. The lowest BCUT2D eigenvalue weighted by atomic mass is 10.3. The van der Waals surface area contributed by atoms with E-state index in [2.05, 4.69) is 21.9 Å². The molecule has 1 aromatic carbocycles. The van der Waals surface area contributed by atoms with Crippen molar-refractivity contribution in [2.24, 2.45) is 0 Å². The zero-order valence-corrected chi connectivity index (χ0v) is 12.5. The molecular formula is C12H16ClN3O3S. The third-order valence-electron chi connectivity index (χ3n) is 2.12. The summed E-state index contributed by atoms with van der Waals surface area (Å²) in [4.78, 5) is 11.5. The molecule has 0 aliphatic heterocycles. The summed E-state index contributed by atoms with van der Waals surface area (Å²) < 4.78 is 24.5. The van der Waals surface area contributed by atoms with Gasteiger partial charge in [-0.05, 0) is 18.2 Å². The third-order valence-corrected chi connectivity index (χ3v) is 3.03. The second-order valence-corrected chi connectivity index (χ2v) is 6.19. The summed E-state index contributed by atoms with van der Waals surface area (Å²) in [6.45, 7) is 4.20. The molecule has 0 atom stereocenters. The second-order valence-electron chi connectivity index (χ2n) is 4.04. The van der Waals surface area contributed by atoms with Gasteiger partial charge in [-0.2, -0.15) is 0 Å². The zero-order chi connectivity index (χ0) is 15.2. The van der Waals surface area contributed by atoms with Crippen LogP contribution >= 0.6 is 11.6 Å². The molecule has 0 saturated heterocycles. The van der Waals surface area contributed by atoms with E-state index in [4.69, 9.17) is 11.6 Å². The molecule has 0 aliphatic rings. The van der Waals surface area contributed by atoms with E-state index in [0.717, 1.165) is 6.26 Å². The maximum atomic E-state index is 11.5. The van der Waals surface area contributed by atoms with Gasteiger partial charge in [-0.15, -0.1) is 6.58 Å². The summed E-state index contributed by atoms with van der Waals surface area (Å²) in [6, 6.07) is 4.52. The van der Waals surface area contributed by atoms with Crippen LogP contribution in [0.5, 0.6) is 0 Å². The number of anilines is 2. The van der Waals surface area contributed by atoms with Gasteiger partial charge in [0, 0.05) is 12.2 Å². The Bertz CT molecular complexity index is 602. The van der Waals surface area contributed by atoms with Crippen molar-refractivity contribution < 1.29 is 13.2 Å². The molecule has 1 aromatic rings. The average Bonchev–Trinajstić information content (AvgIpc) is 2.31. The van der Waals surface area contributed by atoms with Crippen LogP contribution in [-0.4, -0.2) is 33.7 Å².